The van der Waals surface area contributed by atoms with Crippen LogP contribution in [0, 0.1) is 5.92 Å². The molecule has 0 aromatic rings. The molecule has 0 aliphatic carbocycles. The van der Waals surface area contributed by atoms with Crippen LogP contribution in [0.3, 0.4) is 0 Å². The molecule has 0 spiro atoms. The average molecular weight is 254 g/mol. The van der Waals surface area contributed by atoms with E-state index in [1.165, 1.54) is 38.6 Å². The summed E-state index contributed by atoms with van der Waals surface area (Å²) in [4.78, 5) is 2.67. The molecule has 1 N–H and O–H groups in total. The predicted octanol–water partition coefficient (Wildman–Crippen LogP) is 2.27. The lowest BCUT2D eigenvalue weighted by Crippen LogP contribution is -2.48. The van der Waals surface area contributed by atoms with Gasteiger partial charge in [-0.2, -0.15) is 0 Å². The van der Waals surface area contributed by atoms with Gasteiger partial charge in [-0.3, -0.25) is 4.90 Å². The van der Waals surface area contributed by atoms with Crippen molar-refractivity contribution in [3.05, 3.63) is 0 Å². The van der Waals surface area contributed by atoms with Gasteiger partial charge in [-0.15, -0.1) is 0 Å². The maximum absolute atomic E-state index is 5.78. The zero-order valence-electron chi connectivity index (χ0n) is 12.2. The molecule has 3 heteroatoms. The molecule has 2 rings (SSSR count). The lowest BCUT2D eigenvalue weighted by molar-refractivity contribution is 0.0442. The smallest absolute Gasteiger partial charge is 0.0702 e. The summed E-state index contributed by atoms with van der Waals surface area (Å²) in [5, 5.41) is 3.63. The summed E-state index contributed by atoms with van der Waals surface area (Å²) >= 11 is 0. The molecule has 0 aromatic carbocycles. The fourth-order valence-corrected chi connectivity index (χ4v) is 3.12. The molecule has 0 bridgehead atoms. The van der Waals surface area contributed by atoms with E-state index in [2.05, 4.69) is 24.1 Å². The zero-order chi connectivity index (χ0) is 12.8. The van der Waals surface area contributed by atoms with Gasteiger partial charge in [0.15, 0.2) is 0 Å². The van der Waals surface area contributed by atoms with Crippen LogP contribution in [-0.4, -0.2) is 49.8 Å². The molecule has 2 saturated heterocycles. The van der Waals surface area contributed by atoms with E-state index in [-0.39, 0.29) is 0 Å². The van der Waals surface area contributed by atoms with E-state index in [0.29, 0.717) is 6.10 Å². The number of piperidine rings is 1. The van der Waals surface area contributed by atoms with Crippen molar-refractivity contribution < 1.29 is 4.74 Å². The van der Waals surface area contributed by atoms with Gasteiger partial charge >= 0.3 is 0 Å². The summed E-state index contributed by atoms with van der Waals surface area (Å²) in [7, 11) is 0. The molecule has 2 unspecified atom stereocenters. The Bertz CT molecular complexity index is 227. The van der Waals surface area contributed by atoms with Crippen LogP contribution in [0.2, 0.25) is 0 Å². The maximum atomic E-state index is 5.78. The van der Waals surface area contributed by atoms with Gasteiger partial charge in [0.25, 0.3) is 0 Å². The Hall–Kier alpha value is -0.120. The van der Waals surface area contributed by atoms with Crippen molar-refractivity contribution >= 4 is 0 Å². The van der Waals surface area contributed by atoms with Crippen LogP contribution in [0.4, 0.5) is 0 Å². The number of hydrogen-bond acceptors (Lipinski definition) is 3. The lowest BCUT2D eigenvalue weighted by atomic mass is 10.0. The summed E-state index contributed by atoms with van der Waals surface area (Å²) in [5.74, 6) is 0.750. The summed E-state index contributed by atoms with van der Waals surface area (Å²) in [5.41, 5.74) is 0. The van der Waals surface area contributed by atoms with Gasteiger partial charge in [0.1, 0.15) is 0 Å². The summed E-state index contributed by atoms with van der Waals surface area (Å²) in [6.45, 7) is 10.3. The molecule has 2 aliphatic rings. The van der Waals surface area contributed by atoms with Crippen LogP contribution in [0.5, 0.6) is 0 Å². The third-order valence-corrected chi connectivity index (χ3v) is 4.14. The van der Waals surface area contributed by atoms with Crippen LogP contribution >= 0.6 is 0 Å². The van der Waals surface area contributed by atoms with Gasteiger partial charge in [-0.05, 0) is 44.7 Å². The molecule has 2 aliphatic heterocycles. The second-order valence-electron chi connectivity index (χ2n) is 6.33. The Morgan fingerprint density at radius 1 is 1.22 bits per heavy atom. The van der Waals surface area contributed by atoms with Crippen molar-refractivity contribution in [2.75, 3.05) is 32.8 Å². The average Bonchev–Trinajstić information content (AvgIpc) is 2.84. The van der Waals surface area contributed by atoms with Gasteiger partial charge in [0.05, 0.1) is 6.10 Å². The monoisotopic (exact) mass is 254 g/mol. The Morgan fingerprint density at radius 2 is 2.11 bits per heavy atom. The van der Waals surface area contributed by atoms with Crippen molar-refractivity contribution in [3.63, 3.8) is 0 Å². The quantitative estimate of drug-likeness (QED) is 0.787. The van der Waals surface area contributed by atoms with E-state index in [4.69, 9.17) is 4.74 Å². The maximum Gasteiger partial charge on any atom is 0.0702 e. The molecule has 0 amide bonds. The SMILES string of the molecule is CC(C)CNCC1CCCCN1CC1CCCO1. The van der Waals surface area contributed by atoms with Crippen LogP contribution in [-0.2, 0) is 4.74 Å². The molecule has 2 heterocycles. The Balaban J connectivity index is 1.73. The van der Waals surface area contributed by atoms with E-state index in [1.807, 2.05) is 0 Å². The fraction of sp³-hybridized carbons (Fsp3) is 1.00. The van der Waals surface area contributed by atoms with Crippen LogP contribution in [0.15, 0.2) is 0 Å². The van der Waals surface area contributed by atoms with Crippen molar-refractivity contribution in [2.45, 2.75) is 58.1 Å². The molecule has 0 radical (unpaired) electrons. The number of hydrogen-bond donors (Lipinski definition) is 1. The molecule has 106 valence electrons. The van der Waals surface area contributed by atoms with Crippen LogP contribution in [0.25, 0.3) is 0 Å². The minimum absolute atomic E-state index is 0.510. The highest BCUT2D eigenvalue weighted by Crippen LogP contribution is 2.20. The topological polar surface area (TPSA) is 24.5 Å². The second-order valence-corrected chi connectivity index (χ2v) is 6.33. The van der Waals surface area contributed by atoms with E-state index in [9.17, 15) is 0 Å². The van der Waals surface area contributed by atoms with Crippen LogP contribution in [0.1, 0.15) is 46.0 Å². The highest BCUT2D eigenvalue weighted by atomic mass is 16.5. The molecule has 3 nitrogen and oxygen atoms in total. The molecule has 18 heavy (non-hydrogen) atoms. The Labute approximate surface area is 112 Å². The number of rotatable bonds is 6. The summed E-state index contributed by atoms with van der Waals surface area (Å²) in [6.07, 6.45) is 7.16. The molecule has 0 aromatic heterocycles. The largest absolute Gasteiger partial charge is 0.377 e. The van der Waals surface area contributed by atoms with E-state index < -0.39 is 0 Å². The summed E-state index contributed by atoms with van der Waals surface area (Å²) < 4.78 is 5.78. The molecular formula is C15H30N2O. The first-order valence-electron chi connectivity index (χ1n) is 7.82. The Kier molecular flexibility index (Phi) is 5.93. The number of nitrogens with one attached hydrogen (secondary N) is 1. The first kappa shape index (κ1) is 14.3. The van der Waals surface area contributed by atoms with Crippen LogP contribution < -0.4 is 5.32 Å². The zero-order valence-corrected chi connectivity index (χ0v) is 12.2. The normalized spacial score (nSPS) is 30.2. The van der Waals surface area contributed by atoms with Gasteiger partial charge in [-0.25, -0.2) is 0 Å². The van der Waals surface area contributed by atoms with Gasteiger partial charge in [0, 0.05) is 25.7 Å². The van der Waals surface area contributed by atoms with Gasteiger partial charge in [0.2, 0.25) is 0 Å². The van der Waals surface area contributed by atoms with Gasteiger partial charge in [-0.1, -0.05) is 20.3 Å². The number of nitrogens with zero attached hydrogens (tertiary/aromatic N) is 1. The molecule has 0 saturated carbocycles. The molecular weight excluding hydrogens is 224 g/mol. The van der Waals surface area contributed by atoms with Crippen molar-refractivity contribution in [1.82, 2.24) is 10.2 Å². The van der Waals surface area contributed by atoms with Crippen molar-refractivity contribution in [2.24, 2.45) is 5.92 Å². The molecule has 2 fully saturated rings. The molecule has 2 atom stereocenters. The van der Waals surface area contributed by atoms with Crippen molar-refractivity contribution in [1.29, 1.82) is 0 Å². The highest BCUT2D eigenvalue weighted by Gasteiger charge is 2.26. The third kappa shape index (κ3) is 4.52. The first-order chi connectivity index (χ1) is 8.75. The first-order valence-corrected chi connectivity index (χ1v) is 7.82. The predicted molar refractivity (Wildman–Crippen MR) is 75.9 cm³/mol. The Morgan fingerprint density at radius 3 is 2.83 bits per heavy atom. The van der Waals surface area contributed by atoms with Crippen molar-refractivity contribution in [3.8, 4) is 0 Å². The summed E-state index contributed by atoms with van der Waals surface area (Å²) in [6, 6.07) is 0.738. The minimum atomic E-state index is 0.510. The number of ether oxygens (including phenoxy) is 1. The van der Waals surface area contributed by atoms with E-state index in [0.717, 1.165) is 38.2 Å². The standard InChI is InChI=1S/C15H30N2O/c1-13(2)10-16-11-14-6-3-4-8-17(14)12-15-7-5-9-18-15/h13-16H,3-12H2,1-2H3. The number of likely N-dealkylation sites (tertiary alicyclic amines) is 1. The fourth-order valence-electron chi connectivity index (χ4n) is 3.12. The third-order valence-electron chi connectivity index (χ3n) is 4.14. The second kappa shape index (κ2) is 7.46. The highest BCUT2D eigenvalue weighted by molar-refractivity contribution is 4.82. The lowest BCUT2D eigenvalue weighted by Gasteiger charge is -2.37. The van der Waals surface area contributed by atoms with Gasteiger partial charge < -0.3 is 10.1 Å². The van der Waals surface area contributed by atoms with E-state index >= 15 is 0 Å². The minimum Gasteiger partial charge on any atom is -0.377 e. The van der Waals surface area contributed by atoms with E-state index in [1.54, 1.807) is 0 Å².